The number of hydrogen-bond donors (Lipinski definition) is 1. The summed E-state index contributed by atoms with van der Waals surface area (Å²) in [5.74, 6) is -0.0685. The van der Waals surface area contributed by atoms with Crippen molar-refractivity contribution in [1.29, 1.82) is 0 Å². The third kappa shape index (κ3) is 4.06. The van der Waals surface area contributed by atoms with Gasteiger partial charge in [-0.2, -0.15) is 10.1 Å². The number of aromatic nitrogens is 4. The lowest BCUT2D eigenvalue weighted by atomic mass is 10.2. The highest BCUT2D eigenvalue weighted by Crippen LogP contribution is 2.18. The predicted octanol–water partition coefficient (Wildman–Crippen LogP) is 2.83. The summed E-state index contributed by atoms with van der Waals surface area (Å²) in [6.45, 7) is 0.236. The maximum absolute atomic E-state index is 13.3. The minimum Gasteiger partial charge on any atom is -0.298 e. The molecule has 0 spiro atoms. The number of nitrogens with zero attached hydrogens (tertiary/aromatic N) is 5. The minimum atomic E-state index is -0.478. The largest absolute Gasteiger partial charge is 0.332 e. The number of anilines is 1. The van der Waals surface area contributed by atoms with Crippen molar-refractivity contribution in [3.8, 4) is 0 Å². The molecule has 10 heteroatoms. The average molecular weight is 485 g/mol. The highest BCUT2D eigenvalue weighted by atomic mass is 79.9. The summed E-state index contributed by atoms with van der Waals surface area (Å²) < 4.78 is 18.2. The lowest BCUT2D eigenvalue weighted by molar-refractivity contribution is 0.626. The van der Waals surface area contributed by atoms with E-state index >= 15 is 0 Å². The van der Waals surface area contributed by atoms with Crippen LogP contribution in [0.1, 0.15) is 11.1 Å². The fraction of sp³-hybridized carbons (Fsp3) is 0.143. The third-order valence-electron chi connectivity index (χ3n) is 4.85. The number of halogens is 2. The normalized spacial score (nSPS) is 11.5. The smallest absolute Gasteiger partial charge is 0.298 e. The zero-order valence-electron chi connectivity index (χ0n) is 16.7. The quantitative estimate of drug-likeness (QED) is 0.348. The highest BCUT2D eigenvalue weighted by molar-refractivity contribution is 9.10. The first-order chi connectivity index (χ1) is 14.8. The van der Waals surface area contributed by atoms with E-state index in [0.29, 0.717) is 0 Å². The molecule has 4 aromatic rings. The van der Waals surface area contributed by atoms with Crippen molar-refractivity contribution in [2.75, 3.05) is 5.43 Å². The molecule has 158 valence electrons. The summed E-state index contributed by atoms with van der Waals surface area (Å²) >= 11 is 3.38. The number of hydrazone groups is 1. The minimum absolute atomic E-state index is 0.233. The van der Waals surface area contributed by atoms with Crippen LogP contribution in [0, 0.1) is 5.82 Å². The molecule has 0 radical (unpaired) electrons. The maximum atomic E-state index is 13.3. The van der Waals surface area contributed by atoms with E-state index in [4.69, 9.17) is 0 Å². The molecule has 2 aromatic carbocycles. The Kier molecular flexibility index (Phi) is 5.55. The van der Waals surface area contributed by atoms with Crippen LogP contribution in [-0.4, -0.2) is 24.9 Å². The van der Waals surface area contributed by atoms with E-state index in [0.717, 1.165) is 20.2 Å². The zero-order valence-corrected chi connectivity index (χ0v) is 18.3. The van der Waals surface area contributed by atoms with E-state index in [1.54, 1.807) is 30.0 Å². The molecule has 0 aliphatic heterocycles. The highest BCUT2D eigenvalue weighted by Gasteiger charge is 2.19. The van der Waals surface area contributed by atoms with E-state index in [1.165, 1.54) is 23.7 Å². The Bertz CT molecular complexity index is 1400. The summed E-state index contributed by atoms with van der Waals surface area (Å²) in [4.78, 5) is 29.6. The molecular weight excluding hydrogens is 467 g/mol. The van der Waals surface area contributed by atoms with Crippen LogP contribution < -0.4 is 16.7 Å². The Hall–Kier alpha value is -3.53. The Balaban J connectivity index is 1.80. The molecule has 0 bridgehead atoms. The molecule has 0 atom stereocenters. The SMILES string of the molecule is Cn1c(=O)c2c(nc(N/N=C/c3ccc(Br)cc3)n2Cc2ccc(F)cc2)n(C)c1=O. The van der Waals surface area contributed by atoms with E-state index in [9.17, 15) is 14.0 Å². The van der Waals surface area contributed by atoms with Crippen LogP contribution in [0.3, 0.4) is 0 Å². The molecule has 1 N–H and O–H groups in total. The molecule has 0 amide bonds. The number of hydrogen-bond acceptors (Lipinski definition) is 5. The average Bonchev–Trinajstić information content (AvgIpc) is 3.12. The Labute approximate surface area is 184 Å². The van der Waals surface area contributed by atoms with Crippen LogP contribution in [0.25, 0.3) is 11.2 Å². The number of benzene rings is 2. The lowest BCUT2D eigenvalue weighted by Crippen LogP contribution is -2.37. The van der Waals surface area contributed by atoms with Gasteiger partial charge in [-0.25, -0.2) is 14.6 Å². The molecule has 0 unspecified atom stereocenters. The lowest BCUT2D eigenvalue weighted by Gasteiger charge is -2.09. The molecule has 0 aliphatic rings. The summed E-state index contributed by atoms with van der Waals surface area (Å²) in [5, 5.41) is 4.23. The van der Waals surface area contributed by atoms with E-state index < -0.39 is 11.2 Å². The summed E-state index contributed by atoms with van der Waals surface area (Å²) in [7, 11) is 2.96. The van der Waals surface area contributed by atoms with Gasteiger partial charge in [0, 0.05) is 18.6 Å². The van der Waals surface area contributed by atoms with Crippen LogP contribution in [0.15, 0.2) is 67.7 Å². The Morgan fingerprint density at radius 2 is 1.74 bits per heavy atom. The second kappa shape index (κ2) is 8.31. The van der Waals surface area contributed by atoms with Gasteiger partial charge in [-0.15, -0.1) is 0 Å². The van der Waals surface area contributed by atoms with Crippen LogP contribution in [0.2, 0.25) is 0 Å². The van der Waals surface area contributed by atoms with Crippen LogP contribution in [0.5, 0.6) is 0 Å². The summed E-state index contributed by atoms with van der Waals surface area (Å²) in [5.41, 5.74) is 4.01. The molecule has 2 aromatic heterocycles. The van der Waals surface area contributed by atoms with Crippen molar-refractivity contribution in [1.82, 2.24) is 18.7 Å². The van der Waals surface area contributed by atoms with Gasteiger partial charge in [0.25, 0.3) is 5.56 Å². The molecular formula is C21H18BrFN6O2. The van der Waals surface area contributed by atoms with Gasteiger partial charge in [0.05, 0.1) is 12.8 Å². The maximum Gasteiger partial charge on any atom is 0.332 e. The van der Waals surface area contributed by atoms with Gasteiger partial charge in [-0.05, 0) is 35.4 Å². The van der Waals surface area contributed by atoms with Gasteiger partial charge in [-0.3, -0.25) is 18.5 Å². The number of nitrogens with one attached hydrogen (secondary N) is 1. The first-order valence-electron chi connectivity index (χ1n) is 9.30. The van der Waals surface area contributed by atoms with Crippen molar-refractivity contribution >= 4 is 39.3 Å². The van der Waals surface area contributed by atoms with Gasteiger partial charge >= 0.3 is 5.69 Å². The first kappa shape index (κ1) is 20.7. The summed E-state index contributed by atoms with van der Waals surface area (Å²) in [6.07, 6.45) is 1.62. The monoisotopic (exact) mass is 484 g/mol. The number of imidazole rings is 1. The third-order valence-corrected chi connectivity index (χ3v) is 5.38. The fourth-order valence-electron chi connectivity index (χ4n) is 3.17. The standard InChI is InChI=1S/C21H18BrFN6O2/c1-27-18-17(19(30)28(2)21(27)31)29(12-14-5-9-16(23)10-6-14)20(25-18)26-24-11-13-3-7-15(22)8-4-13/h3-11H,12H2,1-2H3,(H,25,26)/b24-11+. The van der Waals surface area contributed by atoms with Crippen LogP contribution in [0.4, 0.5) is 10.3 Å². The second-order valence-corrected chi connectivity index (χ2v) is 7.86. The number of rotatable bonds is 5. The Morgan fingerprint density at radius 1 is 1.06 bits per heavy atom. The molecule has 4 rings (SSSR count). The van der Waals surface area contributed by atoms with Crippen molar-refractivity contribution in [2.24, 2.45) is 19.2 Å². The molecule has 0 saturated carbocycles. The van der Waals surface area contributed by atoms with Gasteiger partial charge in [-0.1, -0.05) is 40.2 Å². The second-order valence-electron chi connectivity index (χ2n) is 6.95. The Morgan fingerprint density at radius 3 is 2.42 bits per heavy atom. The first-order valence-corrected chi connectivity index (χ1v) is 10.1. The van der Waals surface area contributed by atoms with Gasteiger partial charge in [0.2, 0.25) is 5.95 Å². The van der Waals surface area contributed by atoms with Crippen molar-refractivity contribution in [3.05, 3.63) is 90.8 Å². The van der Waals surface area contributed by atoms with Gasteiger partial charge < -0.3 is 0 Å². The van der Waals surface area contributed by atoms with Gasteiger partial charge in [0.15, 0.2) is 11.2 Å². The van der Waals surface area contributed by atoms with Gasteiger partial charge in [0.1, 0.15) is 5.82 Å². The molecule has 0 saturated heterocycles. The summed E-state index contributed by atoms with van der Waals surface area (Å²) in [6, 6.07) is 13.5. The predicted molar refractivity (Wildman–Crippen MR) is 121 cm³/mol. The molecule has 8 nitrogen and oxygen atoms in total. The zero-order chi connectivity index (χ0) is 22.1. The molecule has 0 aliphatic carbocycles. The molecule has 31 heavy (non-hydrogen) atoms. The van der Waals surface area contributed by atoms with Crippen molar-refractivity contribution in [3.63, 3.8) is 0 Å². The molecule has 2 heterocycles. The molecule has 0 fully saturated rings. The van der Waals surface area contributed by atoms with Crippen LogP contribution in [-0.2, 0) is 20.6 Å². The van der Waals surface area contributed by atoms with Crippen molar-refractivity contribution < 1.29 is 4.39 Å². The van der Waals surface area contributed by atoms with E-state index in [2.05, 4.69) is 31.4 Å². The fourth-order valence-corrected chi connectivity index (χ4v) is 3.44. The number of aryl methyl sites for hydroxylation is 1. The van der Waals surface area contributed by atoms with E-state index in [1.807, 2.05) is 24.3 Å². The van der Waals surface area contributed by atoms with Crippen LogP contribution >= 0.6 is 15.9 Å². The van der Waals surface area contributed by atoms with Crippen molar-refractivity contribution in [2.45, 2.75) is 6.54 Å². The topological polar surface area (TPSA) is 86.2 Å². The number of fused-ring (bicyclic) bond motifs is 1. The van der Waals surface area contributed by atoms with E-state index in [-0.39, 0.29) is 29.5 Å².